The van der Waals surface area contributed by atoms with Crippen molar-refractivity contribution in [1.29, 1.82) is 0 Å². The van der Waals surface area contributed by atoms with Gasteiger partial charge in [-0.05, 0) is 31.0 Å². The second-order valence-corrected chi connectivity index (χ2v) is 5.94. The molecule has 1 heterocycles. The van der Waals surface area contributed by atoms with Crippen LogP contribution in [0.2, 0.25) is 0 Å². The van der Waals surface area contributed by atoms with Gasteiger partial charge in [0.2, 0.25) is 0 Å². The Balaban J connectivity index is 1.99. The number of ether oxygens (including phenoxy) is 1. The van der Waals surface area contributed by atoms with E-state index in [0.29, 0.717) is 4.47 Å². The van der Waals surface area contributed by atoms with Gasteiger partial charge in [-0.25, -0.2) is 4.79 Å². The van der Waals surface area contributed by atoms with Crippen molar-refractivity contribution in [2.24, 2.45) is 0 Å². The third kappa shape index (κ3) is 4.46. The van der Waals surface area contributed by atoms with Crippen molar-refractivity contribution >= 4 is 27.8 Å². The topological polar surface area (TPSA) is 66.8 Å². The molecule has 21 heavy (non-hydrogen) atoms. The molecule has 0 aliphatic carbocycles. The van der Waals surface area contributed by atoms with Crippen LogP contribution in [-0.2, 0) is 4.79 Å². The van der Waals surface area contributed by atoms with Crippen LogP contribution in [0.25, 0.3) is 0 Å². The van der Waals surface area contributed by atoms with Crippen LogP contribution in [0.1, 0.15) is 36.0 Å². The van der Waals surface area contributed by atoms with Crippen LogP contribution in [0.5, 0.6) is 5.75 Å². The Morgan fingerprint density at radius 2 is 1.86 bits per heavy atom. The molecule has 0 unspecified atom stereocenters. The summed E-state index contributed by atoms with van der Waals surface area (Å²) in [5.41, 5.74) is 0.0491. The van der Waals surface area contributed by atoms with Crippen molar-refractivity contribution in [3.8, 4) is 5.75 Å². The molecule has 5 nitrogen and oxygen atoms in total. The second-order valence-electron chi connectivity index (χ2n) is 5.03. The first-order valence-corrected chi connectivity index (χ1v) is 7.80. The molecule has 1 N–H and O–H groups in total. The van der Waals surface area contributed by atoms with Gasteiger partial charge in [0.05, 0.1) is 0 Å². The number of aromatic carboxylic acids is 1. The number of hydrogen-bond acceptors (Lipinski definition) is 3. The largest absolute Gasteiger partial charge is 0.483 e. The maximum absolute atomic E-state index is 12.1. The normalized spacial score (nSPS) is 15.4. The summed E-state index contributed by atoms with van der Waals surface area (Å²) in [5, 5.41) is 9.15. The van der Waals surface area contributed by atoms with Crippen LogP contribution in [-0.4, -0.2) is 41.6 Å². The summed E-state index contributed by atoms with van der Waals surface area (Å²) >= 11 is 3.22. The predicted molar refractivity (Wildman–Crippen MR) is 81.6 cm³/mol. The molecule has 0 atom stereocenters. The van der Waals surface area contributed by atoms with Crippen LogP contribution in [0.15, 0.2) is 22.7 Å². The summed E-state index contributed by atoms with van der Waals surface area (Å²) in [4.78, 5) is 25.1. The molecule has 1 aliphatic heterocycles. The first-order valence-electron chi connectivity index (χ1n) is 7.01. The minimum atomic E-state index is -1.08. The average molecular weight is 356 g/mol. The van der Waals surface area contributed by atoms with E-state index in [4.69, 9.17) is 9.84 Å². The van der Waals surface area contributed by atoms with Gasteiger partial charge in [-0.15, -0.1) is 0 Å². The molecule has 2 rings (SSSR count). The molecule has 1 aliphatic rings. The highest BCUT2D eigenvalue weighted by atomic mass is 79.9. The number of rotatable bonds is 4. The lowest BCUT2D eigenvalue weighted by atomic mass is 10.2. The van der Waals surface area contributed by atoms with Gasteiger partial charge in [-0.2, -0.15) is 0 Å². The van der Waals surface area contributed by atoms with Crippen LogP contribution < -0.4 is 4.74 Å². The Bertz CT molecular complexity index is 524. The summed E-state index contributed by atoms with van der Waals surface area (Å²) in [6, 6.07) is 4.72. The number of hydrogen-bond donors (Lipinski definition) is 1. The van der Waals surface area contributed by atoms with Gasteiger partial charge in [-0.1, -0.05) is 28.8 Å². The lowest BCUT2D eigenvalue weighted by molar-refractivity contribution is -0.133. The average Bonchev–Trinajstić information content (AvgIpc) is 2.74. The lowest BCUT2D eigenvalue weighted by Gasteiger charge is -2.20. The van der Waals surface area contributed by atoms with E-state index in [0.717, 1.165) is 38.8 Å². The van der Waals surface area contributed by atoms with Gasteiger partial charge in [0.15, 0.2) is 6.61 Å². The first-order chi connectivity index (χ1) is 10.1. The molecule has 0 bridgehead atoms. The number of likely N-dealkylation sites (tertiary alicyclic amines) is 1. The van der Waals surface area contributed by atoms with E-state index in [1.54, 1.807) is 17.0 Å². The van der Waals surface area contributed by atoms with E-state index in [2.05, 4.69) is 15.9 Å². The number of carboxylic acid groups (broad SMARTS) is 1. The molecule has 114 valence electrons. The van der Waals surface area contributed by atoms with Crippen molar-refractivity contribution in [3.63, 3.8) is 0 Å². The quantitative estimate of drug-likeness (QED) is 0.901. The van der Waals surface area contributed by atoms with Crippen molar-refractivity contribution in [2.45, 2.75) is 25.7 Å². The number of carboxylic acids is 1. The fourth-order valence-corrected chi connectivity index (χ4v) is 2.71. The molecular formula is C15H18BrNO4. The van der Waals surface area contributed by atoms with Crippen molar-refractivity contribution in [3.05, 3.63) is 28.2 Å². The van der Waals surface area contributed by atoms with Crippen molar-refractivity contribution in [2.75, 3.05) is 19.7 Å². The number of halogens is 1. The SMILES string of the molecule is O=C(O)c1cc(Br)ccc1OCC(=O)N1CCCCCC1. The zero-order chi connectivity index (χ0) is 15.2. The summed E-state index contributed by atoms with van der Waals surface area (Å²) in [7, 11) is 0. The molecule has 1 aromatic rings. The van der Waals surface area contributed by atoms with Gasteiger partial charge in [0.1, 0.15) is 11.3 Å². The van der Waals surface area contributed by atoms with Crippen LogP contribution in [0.3, 0.4) is 0 Å². The fraction of sp³-hybridized carbons (Fsp3) is 0.467. The maximum Gasteiger partial charge on any atom is 0.339 e. The highest BCUT2D eigenvalue weighted by Crippen LogP contribution is 2.23. The van der Waals surface area contributed by atoms with E-state index < -0.39 is 5.97 Å². The molecule has 0 saturated carbocycles. The zero-order valence-electron chi connectivity index (χ0n) is 11.7. The van der Waals surface area contributed by atoms with Gasteiger partial charge in [0, 0.05) is 17.6 Å². The standard InChI is InChI=1S/C15H18BrNO4/c16-11-5-6-13(12(9-11)15(19)20)21-10-14(18)17-7-3-1-2-4-8-17/h5-6,9H,1-4,7-8,10H2,(H,19,20). The molecule has 0 radical (unpaired) electrons. The Labute approximate surface area is 132 Å². The molecule has 1 fully saturated rings. The van der Waals surface area contributed by atoms with Crippen LogP contribution in [0.4, 0.5) is 0 Å². The summed E-state index contributed by atoms with van der Waals surface area (Å²) in [6.45, 7) is 1.39. The zero-order valence-corrected chi connectivity index (χ0v) is 13.3. The smallest absolute Gasteiger partial charge is 0.339 e. The summed E-state index contributed by atoms with van der Waals surface area (Å²) in [5.74, 6) is -0.946. The number of carbonyl (C=O) groups is 2. The molecule has 0 aromatic heterocycles. The fourth-order valence-electron chi connectivity index (χ4n) is 2.35. The number of nitrogens with zero attached hydrogens (tertiary/aromatic N) is 1. The van der Waals surface area contributed by atoms with E-state index in [1.807, 2.05) is 0 Å². The Hall–Kier alpha value is -1.56. The molecule has 1 aromatic carbocycles. The molecule has 1 amide bonds. The molecule has 0 spiro atoms. The van der Waals surface area contributed by atoms with Gasteiger partial charge >= 0.3 is 5.97 Å². The first kappa shape index (κ1) is 15.8. The molecule has 1 saturated heterocycles. The third-order valence-corrected chi connectivity index (χ3v) is 3.98. The van der Waals surface area contributed by atoms with E-state index in [9.17, 15) is 9.59 Å². The summed E-state index contributed by atoms with van der Waals surface area (Å²) < 4.78 is 6.07. The Morgan fingerprint density at radius 3 is 2.48 bits per heavy atom. The van der Waals surface area contributed by atoms with Crippen molar-refractivity contribution < 1.29 is 19.4 Å². The highest BCUT2D eigenvalue weighted by molar-refractivity contribution is 9.10. The monoisotopic (exact) mass is 355 g/mol. The molecule has 6 heteroatoms. The number of amides is 1. The van der Waals surface area contributed by atoms with Gasteiger partial charge < -0.3 is 14.7 Å². The van der Waals surface area contributed by atoms with Gasteiger partial charge in [-0.3, -0.25) is 4.79 Å². The predicted octanol–water partition coefficient (Wildman–Crippen LogP) is 2.93. The third-order valence-electron chi connectivity index (χ3n) is 3.48. The van der Waals surface area contributed by atoms with Crippen LogP contribution >= 0.6 is 15.9 Å². The highest BCUT2D eigenvalue weighted by Gasteiger charge is 2.18. The van der Waals surface area contributed by atoms with Crippen molar-refractivity contribution in [1.82, 2.24) is 4.90 Å². The van der Waals surface area contributed by atoms with E-state index in [-0.39, 0.29) is 23.8 Å². The van der Waals surface area contributed by atoms with E-state index in [1.165, 1.54) is 6.07 Å². The lowest BCUT2D eigenvalue weighted by Crippen LogP contribution is -2.35. The molecular weight excluding hydrogens is 338 g/mol. The maximum atomic E-state index is 12.1. The van der Waals surface area contributed by atoms with Crippen LogP contribution in [0, 0.1) is 0 Å². The van der Waals surface area contributed by atoms with Gasteiger partial charge in [0.25, 0.3) is 5.91 Å². The Morgan fingerprint density at radius 1 is 1.19 bits per heavy atom. The second kappa shape index (κ2) is 7.45. The minimum Gasteiger partial charge on any atom is -0.483 e. The van der Waals surface area contributed by atoms with E-state index >= 15 is 0 Å². The summed E-state index contributed by atoms with van der Waals surface area (Å²) in [6.07, 6.45) is 4.34. The minimum absolute atomic E-state index is 0.0491. The number of carbonyl (C=O) groups excluding carboxylic acids is 1. The Kier molecular flexibility index (Phi) is 5.61. The number of benzene rings is 1.